The highest BCUT2D eigenvalue weighted by molar-refractivity contribution is 5.97. The van der Waals surface area contributed by atoms with Crippen LogP contribution in [0.1, 0.15) is 29.6 Å². The lowest BCUT2D eigenvalue weighted by molar-refractivity contribution is -0.121. The monoisotopic (exact) mass is 302 g/mol. The van der Waals surface area contributed by atoms with E-state index in [9.17, 15) is 9.59 Å². The third-order valence-electron chi connectivity index (χ3n) is 4.80. The maximum absolute atomic E-state index is 12.8. The highest BCUT2D eigenvalue weighted by Gasteiger charge is 2.34. The average molecular weight is 302 g/mol. The predicted molar refractivity (Wildman–Crippen MR) is 82.7 cm³/mol. The van der Waals surface area contributed by atoms with Crippen molar-refractivity contribution in [3.63, 3.8) is 0 Å². The summed E-state index contributed by atoms with van der Waals surface area (Å²) in [5.41, 5.74) is 0.617. The number of nitrogens with zero attached hydrogens (tertiary/aromatic N) is 1. The lowest BCUT2D eigenvalue weighted by Gasteiger charge is -2.37. The van der Waals surface area contributed by atoms with Crippen LogP contribution in [0.15, 0.2) is 24.3 Å². The van der Waals surface area contributed by atoms with Gasteiger partial charge >= 0.3 is 0 Å². The first-order valence-corrected chi connectivity index (χ1v) is 7.88. The van der Waals surface area contributed by atoms with Gasteiger partial charge in [-0.1, -0.05) is 12.1 Å². The number of hydrogen-bond donors (Lipinski definition) is 1. The molecule has 2 atom stereocenters. The van der Waals surface area contributed by atoms with Crippen molar-refractivity contribution in [2.45, 2.75) is 19.3 Å². The van der Waals surface area contributed by atoms with Crippen LogP contribution in [0.2, 0.25) is 0 Å². The molecule has 0 aliphatic carbocycles. The maximum atomic E-state index is 12.8. The Labute approximate surface area is 130 Å². The van der Waals surface area contributed by atoms with Crippen molar-refractivity contribution < 1.29 is 14.3 Å². The molecular formula is C17H22N2O3. The standard InChI is InChI=1S/C17H22N2O3/c1-22-15-5-3-2-4-14(15)17(21)19-9-7-12-10-16(20)18-8-6-13(12)11-19/h2-5,12-13H,6-11H2,1H3,(H,18,20)/t12-,13-/m0/s1. The normalized spacial score (nSPS) is 25.0. The predicted octanol–water partition coefficient (Wildman–Crippen LogP) is 1.68. The molecule has 0 saturated carbocycles. The van der Waals surface area contributed by atoms with Gasteiger partial charge in [-0.05, 0) is 36.8 Å². The first-order chi connectivity index (χ1) is 10.7. The van der Waals surface area contributed by atoms with Crippen molar-refractivity contribution in [2.75, 3.05) is 26.7 Å². The number of hydrogen-bond acceptors (Lipinski definition) is 3. The van der Waals surface area contributed by atoms with Gasteiger partial charge in [-0.15, -0.1) is 0 Å². The van der Waals surface area contributed by atoms with Crippen LogP contribution >= 0.6 is 0 Å². The van der Waals surface area contributed by atoms with Crippen molar-refractivity contribution in [3.05, 3.63) is 29.8 Å². The molecule has 0 bridgehead atoms. The molecule has 2 aliphatic rings. The van der Waals surface area contributed by atoms with Crippen LogP contribution in [-0.2, 0) is 4.79 Å². The minimum Gasteiger partial charge on any atom is -0.496 e. The molecule has 0 aromatic heterocycles. The third kappa shape index (κ3) is 2.93. The van der Waals surface area contributed by atoms with Gasteiger partial charge in [-0.3, -0.25) is 9.59 Å². The van der Waals surface area contributed by atoms with Gasteiger partial charge in [-0.2, -0.15) is 0 Å². The van der Waals surface area contributed by atoms with Crippen LogP contribution in [0, 0.1) is 11.8 Å². The highest BCUT2D eigenvalue weighted by atomic mass is 16.5. The number of likely N-dealkylation sites (tertiary alicyclic amines) is 1. The summed E-state index contributed by atoms with van der Waals surface area (Å²) in [4.78, 5) is 26.3. The van der Waals surface area contributed by atoms with Crippen molar-refractivity contribution in [1.82, 2.24) is 10.2 Å². The lowest BCUT2D eigenvalue weighted by Crippen LogP contribution is -2.44. The van der Waals surface area contributed by atoms with Crippen LogP contribution in [0.5, 0.6) is 5.75 Å². The number of nitrogens with one attached hydrogen (secondary N) is 1. The number of fused-ring (bicyclic) bond motifs is 1. The van der Waals surface area contributed by atoms with Crippen LogP contribution in [0.4, 0.5) is 0 Å². The van der Waals surface area contributed by atoms with Crippen LogP contribution < -0.4 is 10.1 Å². The molecule has 2 fully saturated rings. The van der Waals surface area contributed by atoms with E-state index in [0.29, 0.717) is 36.1 Å². The molecule has 5 nitrogen and oxygen atoms in total. The minimum absolute atomic E-state index is 0.0273. The molecule has 2 aliphatic heterocycles. The van der Waals surface area contributed by atoms with E-state index in [0.717, 1.165) is 25.9 Å². The molecule has 1 aromatic rings. The van der Waals surface area contributed by atoms with Gasteiger partial charge in [0.2, 0.25) is 5.91 Å². The van der Waals surface area contributed by atoms with Gasteiger partial charge in [0.05, 0.1) is 12.7 Å². The van der Waals surface area contributed by atoms with Crippen molar-refractivity contribution >= 4 is 11.8 Å². The second-order valence-electron chi connectivity index (χ2n) is 6.10. The Kier molecular flexibility index (Phi) is 4.32. The Morgan fingerprint density at radius 1 is 1.27 bits per heavy atom. The third-order valence-corrected chi connectivity index (χ3v) is 4.80. The number of methoxy groups -OCH3 is 1. The van der Waals surface area contributed by atoms with E-state index < -0.39 is 0 Å². The number of para-hydroxylation sites is 1. The fourth-order valence-electron chi connectivity index (χ4n) is 3.56. The molecule has 2 heterocycles. The molecule has 2 amide bonds. The van der Waals surface area contributed by atoms with Crippen LogP contribution in [0.3, 0.4) is 0 Å². The van der Waals surface area contributed by atoms with Gasteiger partial charge in [0.15, 0.2) is 0 Å². The summed E-state index contributed by atoms with van der Waals surface area (Å²) in [6.07, 6.45) is 2.45. The van der Waals surface area contributed by atoms with Crippen molar-refractivity contribution in [3.8, 4) is 5.75 Å². The molecule has 0 spiro atoms. The van der Waals surface area contributed by atoms with E-state index in [1.165, 1.54) is 0 Å². The first kappa shape index (κ1) is 14.9. The summed E-state index contributed by atoms with van der Waals surface area (Å²) >= 11 is 0. The Balaban J connectivity index is 1.74. The highest BCUT2D eigenvalue weighted by Crippen LogP contribution is 2.32. The second-order valence-corrected chi connectivity index (χ2v) is 6.10. The molecule has 2 saturated heterocycles. The molecule has 1 N–H and O–H groups in total. The number of amides is 2. The van der Waals surface area contributed by atoms with Gasteiger partial charge in [0, 0.05) is 26.1 Å². The Morgan fingerprint density at radius 3 is 2.91 bits per heavy atom. The van der Waals surface area contributed by atoms with Gasteiger partial charge in [-0.25, -0.2) is 0 Å². The fraction of sp³-hybridized carbons (Fsp3) is 0.529. The number of piperidine rings is 1. The molecular weight excluding hydrogens is 280 g/mol. The van der Waals surface area contributed by atoms with Gasteiger partial charge in [0.1, 0.15) is 5.75 Å². The number of carbonyl (C=O) groups is 2. The van der Waals surface area contributed by atoms with E-state index >= 15 is 0 Å². The SMILES string of the molecule is COc1ccccc1C(=O)N1CC[C@H]2CC(=O)NCC[C@H]2C1. The van der Waals surface area contributed by atoms with E-state index in [1.54, 1.807) is 7.11 Å². The summed E-state index contributed by atoms with van der Waals surface area (Å²) in [6.45, 7) is 2.17. The van der Waals surface area contributed by atoms with Crippen molar-refractivity contribution in [2.24, 2.45) is 11.8 Å². The zero-order valence-corrected chi connectivity index (χ0v) is 12.9. The fourth-order valence-corrected chi connectivity index (χ4v) is 3.56. The van der Waals surface area contributed by atoms with E-state index in [4.69, 9.17) is 4.74 Å². The summed E-state index contributed by atoms with van der Waals surface area (Å²) < 4.78 is 5.30. The molecule has 0 radical (unpaired) electrons. The van der Waals surface area contributed by atoms with Crippen molar-refractivity contribution in [1.29, 1.82) is 0 Å². The Hall–Kier alpha value is -2.04. The smallest absolute Gasteiger partial charge is 0.257 e. The van der Waals surface area contributed by atoms with E-state index in [-0.39, 0.29) is 11.8 Å². The molecule has 22 heavy (non-hydrogen) atoms. The number of rotatable bonds is 2. The average Bonchev–Trinajstić information content (AvgIpc) is 2.74. The molecule has 3 rings (SSSR count). The topological polar surface area (TPSA) is 58.6 Å². The number of benzene rings is 1. The molecule has 1 aromatic carbocycles. The number of ether oxygens (including phenoxy) is 1. The molecule has 0 unspecified atom stereocenters. The van der Waals surface area contributed by atoms with E-state index in [1.807, 2.05) is 29.2 Å². The Morgan fingerprint density at radius 2 is 2.09 bits per heavy atom. The Bertz CT molecular complexity index is 573. The number of carbonyl (C=O) groups excluding carboxylic acids is 2. The summed E-state index contributed by atoms with van der Waals surface area (Å²) in [6, 6.07) is 7.35. The summed E-state index contributed by atoms with van der Waals surface area (Å²) in [5, 5.41) is 2.93. The molecule has 5 heteroatoms. The summed E-state index contributed by atoms with van der Waals surface area (Å²) in [7, 11) is 1.58. The van der Waals surface area contributed by atoms with Gasteiger partial charge < -0.3 is 15.0 Å². The zero-order valence-electron chi connectivity index (χ0n) is 12.9. The maximum Gasteiger partial charge on any atom is 0.257 e. The lowest BCUT2D eigenvalue weighted by atomic mass is 9.82. The largest absolute Gasteiger partial charge is 0.496 e. The van der Waals surface area contributed by atoms with Gasteiger partial charge in [0.25, 0.3) is 5.91 Å². The first-order valence-electron chi connectivity index (χ1n) is 7.88. The minimum atomic E-state index is 0.0273. The second kappa shape index (κ2) is 6.38. The molecule has 118 valence electrons. The zero-order chi connectivity index (χ0) is 15.5. The summed E-state index contributed by atoms with van der Waals surface area (Å²) in [5.74, 6) is 1.61. The van der Waals surface area contributed by atoms with E-state index in [2.05, 4.69) is 5.32 Å². The van der Waals surface area contributed by atoms with Crippen LogP contribution in [0.25, 0.3) is 0 Å². The van der Waals surface area contributed by atoms with Crippen LogP contribution in [-0.4, -0.2) is 43.5 Å². The quantitative estimate of drug-likeness (QED) is 0.904.